The minimum Gasteiger partial charge on any atom is -0.389 e. The third-order valence-corrected chi connectivity index (χ3v) is 1.53. The second-order valence-electron chi connectivity index (χ2n) is 2.36. The normalized spacial score (nSPS) is 38.0. The molecule has 2 atom stereocenters. The first-order valence-electron chi connectivity index (χ1n) is 3.26. The van der Waals surface area contributed by atoms with Crippen molar-refractivity contribution >= 4 is 0 Å². The third kappa shape index (κ3) is 1.91. The van der Waals surface area contributed by atoms with E-state index >= 15 is 0 Å². The van der Waals surface area contributed by atoms with Gasteiger partial charge in [-0.1, -0.05) is 0 Å². The zero-order chi connectivity index (χ0) is 6.69. The predicted octanol–water partition coefficient (Wildman–Crippen LogP) is 0.0836. The van der Waals surface area contributed by atoms with Crippen molar-refractivity contribution in [2.24, 2.45) is 0 Å². The van der Waals surface area contributed by atoms with E-state index in [0.29, 0.717) is 13.0 Å². The van der Waals surface area contributed by atoms with E-state index in [2.05, 4.69) is 5.32 Å². The molecule has 1 radical (unpaired) electrons. The lowest BCUT2D eigenvalue weighted by Crippen LogP contribution is -2.27. The lowest BCUT2D eigenvalue weighted by atomic mass is 10.1. The summed E-state index contributed by atoms with van der Waals surface area (Å²) in [6.45, 7) is 0.985. The highest BCUT2D eigenvalue weighted by Crippen LogP contribution is 2.09. The Morgan fingerprint density at radius 1 is 1.56 bits per heavy atom. The van der Waals surface area contributed by atoms with Crippen LogP contribution in [0.1, 0.15) is 12.8 Å². The average molecular weight is 132 g/mol. The van der Waals surface area contributed by atoms with Crippen LogP contribution in [0.4, 0.5) is 4.39 Å². The number of aliphatic hydroxyl groups excluding tert-OH is 1. The molecule has 1 rings (SSSR count). The number of nitrogens with zero attached hydrogens (tertiary/aromatic N) is 1. The first-order chi connectivity index (χ1) is 4.30. The molecule has 1 aliphatic rings. The summed E-state index contributed by atoms with van der Waals surface area (Å²) < 4.78 is 12.5. The molecule has 1 N–H and O–H groups in total. The summed E-state index contributed by atoms with van der Waals surface area (Å²) >= 11 is 0. The van der Waals surface area contributed by atoms with E-state index in [-0.39, 0.29) is 6.54 Å². The number of alkyl halides is 1. The first-order valence-corrected chi connectivity index (χ1v) is 3.26. The molecule has 2 nitrogen and oxygen atoms in total. The molecule has 1 heterocycles. The molecule has 1 fully saturated rings. The quantitative estimate of drug-likeness (QED) is 0.497. The largest absolute Gasteiger partial charge is 0.389 e. The molecule has 0 spiro atoms. The van der Waals surface area contributed by atoms with Gasteiger partial charge in [-0.2, -0.15) is 0 Å². The van der Waals surface area contributed by atoms with E-state index in [4.69, 9.17) is 5.11 Å². The van der Waals surface area contributed by atoms with Crippen LogP contribution in [0.5, 0.6) is 0 Å². The monoisotopic (exact) mass is 132 g/mol. The highest BCUT2D eigenvalue weighted by Gasteiger charge is 2.20. The van der Waals surface area contributed by atoms with Crippen molar-refractivity contribution < 1.29 is 9.50 Å². The van der Waals surface area contributed by atoms with Gasteiger partial charge in [-0.15, -0.1) is 0 Å². The molecular formula is C6H11FNO. The number of aliphatic hydroxyl groups is 1. The summed E-state index contributed by atoms with van der Waals surface area (Å²) in [4.78, 5) is 0. The molecule has 53 valence electrons. The third-order valence-electron chi connectivity index (χ3n) is 1.53. The van der Waals surface area contributed by atoms with Crippen molar-refractivity contribution in [3.8, 4) is 0 Å². The summed E-state index contributed by atoms with van der Waals surface area (Å²) in [7, 11) is 0. The average Bonchev–Trinajstić information content (AvgIpc) is 1.99. The molecule has 0 amide bonds. The molecule has 0 aromatic rings. The van der Waals surface area contributed by atoms with Crippen LogP contribution >= 0.6 is 0 Å². The lowest BCUT2D eigenvalue weighted by molar-refractivity contribution is 0.0808. The number of hydrogen-bond acceptors (Lipinski definition) is 1. The van der Waals surface area contributed by atoms with Gasteiger partial charge in [-0.05, 0) is 12.8 Å². The number of rotatable bonds is 0. The fraction of sp³-hybridized carbons (Fsp3) is 1.00. The van der Waals surface area contributed by atoms with E-state index in [1.165, 1.54) is 0 Å². The topological polar surface area (TPSA) is 34.3 Å². The molecule has 0 unspecified atom stereocenters. The van der Waals surface area contributed by atoms with Crippen LogP contribution in [-0.4, -0.2) is 30.5 Å². The van der Waals surface area contributed by atoms with E-state index in [9.17, 15) is 4.39 Å². The Labute approximate surface area is 54.1 Å². The Bertz CT molecular complexity index is 79.1. The molecule has 0 saturated carbocycles. The molecule has 1 aliphatic heterocycles. The van der Waals surface area contributed by atoms with E-state index in [1.54, 1.807) is 0 Å². The molecule has 0 aromatic carbocycles. The Morgan fingerprint density at radius 3 is 3.11 bits per heavy atom. The van der Waals surface area contributed by atoms with Crippen molar-refractivity contribution in [1.29, 1.82) is 0 Å². The van der Waals surface area contributed by atoms with Crippen LogP contribution in [0, 0.1) is 0 Å². The highest BCUT2D eigenvalue weighted by atomic mass is 19.1. The lowest BCUT2D eigenvalue weighted by Gasteiger charge is -2.09. The Hall–Kier alpha value is -0.150. The number of hydrogen-bond donors (Lipinski definition) is 1. The van der Waals surface area contributed by atoms with Crippen LogP contribution in [0.2, 0.25) is 0 Å². The van der Waals surface area contributed by atoms with Crippen LogP contribution in [0.3, 0.4) is 0 Å². The molecular weight excluding hydrogens is 121 g/mol. The first kappa shape index (κ1) is 6.96. The maximum absolute atomic E-state index is 12.5. The SMILES string of the molecule is O[C@H]1C[N]CCC[C@@H]1F. The van der Waals surface area contributed by atoms with Crippen LogP contribution in [0.15, 0.2) is 0 Å². The summed E-state index contributed by atoms with van der Waals surface area (Å²) in [5.41, 5.74) is 0. The fourth-order valence-corrected chi connectivity index (χ4v) is 0.928. The molecule has 1 saturated heterocycles. The van der Waals surface area contributed by atoms with E-state index in [1.807, 2.05) is 0 Å². The smallest absolute Gasteiger partial charge is 0.127 e. The maximum atomic E-state index is 12.5. The van der Waals surface area contributed by atoms with Gasteiger partial charge in [0.15, 0.2) is 0 Å². The zero-order valence-corrected chi connectivity index (χ0v) is 5.26. The highest BCUT2D eigenvalue weighted by molar-refractivity contribution is 4.73. The molecule has 3 heteroatoms. The van der Waals surface area contributed by atoms with Crippen molar-refractivity contribution in [1.82, 2.24) is 5.32 Å². The summed E-state index contributed by atoms with van der Waals surface area (Å²) in [6.07, 6.45) is -0.646. The van der Waals surface area contributed by atoms with Crippen molar-refractivity contribution in [2.75, 3.05) is 13.1 Å². The Balaban J connectivity index is 2.32. The van der Waals surface area contributed by atoms with E-state index in [0.717, 1.165) is 6.42 Å². The van der Waals surface area contributed by atoms with Gasteiger partial charge in [0.05, 0.1) is 6.10 Å². The fourth-order valence-electron chi connectivity index (χ4n) is 0.928. The van der Waals surface area contributed by atoms with Crippen LogP contribution in [-0.2, 0) is 0 Å². The predicted molar refractivity (Wildman–Crippen MR) is 32.0 cm³/mol. The standard InChI is InChI=1S/C6H11FNO/c7-5-2-1-3-8-4-6(5)9/h5-6,9H,1-4H2/t5-,6-/m0/s1. The molecule has 0 aliphatic carbocycles. The van der Waals surface area contributed by atoms with Gasteiger partial charge in [0.25, 0.3) is 0 Å². The number of halogens is 1. The molecule has 9 heavy (non-hydrogen) atoms. The maximum Gasteiger partial charge on any atom is 0.127 e. The van der Waals surface area contributed by atoms with E-state index < -0.39 is 12.3 Å². The summed E-state index contributed by atoms with van der Waals surface area (Å²) in [6, 6.07) is 0. The molecule has 0 aromatic heterocycles. The van der Waals surface area contributed by atoms with Gasteiger partial charge in [0.2, 0.25) is 0 Å². The second-order valence-corrected chi connectivity index (χ2v) is 2.36. The molecule has 0 bridgehead atoms. The minimum absolute atomic E-state index is 0.279. The summed E-state index contributed by atoms with van der Waals surface area (Å²) in [5.74, 6) is 0. The van der Waals surface area contributed by atoms with Gasteiger partial charge in [0.1, 0.15) is 6.17 Å². The summed E-state index contributed by atoms with van der Waals surface area (Å²) in [5, 5.41) is 12.8. The van der Waals surface area contributed by atoms with Gasteiger partial charge < -0.3 is 5.11 Å². The van der Waals surface area contributed by atoms with Gasteiger partial charge in [-0.3, -0.25) is 0 Å². The minimum atomic E-state index is -1.05. The van der Waals surface area contributed by atoms with Gasteiger partial charge in [-0.25, -0.2) is 9.71 Å². The zero-order valence-electron chi connectivity index (χ0n) is 5.26. The van der Waals surface area contributed by atoms with Gasteiger partial charge in [0, 0.05) is 13.1 Å². The van der Waals surface area contributed by atoms with Crippen LogP contribution in [0.25, 0.3) is 0 Å². The van der Waals surface area contributed by atoms with Crippen molar-refractivity contribution in [2.45, 2.75) is 25.1 Å². The van der Waals surface area contributed by atoms with Crippen molar-refractivity contribution in [3.63, 3.8) is 0 Å². The Morgan fingerprint density at radius 2 is 2.33 bits per heavy atom. The second kappa shape index (κ2) is 3.13. The van der Waals surface area contributed by atoms with Crippen molar-refractivity contribution in [3.05, 3.63) is 0 Å². The van der Waals surface area contributed by atoms with Crippen LogP contribution < -0.4 is 5.32 Å². The van der Waals surface area contributed by atoms with Gasteiger partial charge >= 0.3 is 0 Å². The Kier molecular flexibility index (Phi) is 2.42.